The number of hydrogen-bond donors (Lipinski definition) is 1. The van der Waals surface area contributed by atoms with E-state index < -0.39 is 0 Å². The molecule has 0 saturated carbocycles. The fourth-order valence-corrected chi connectivity index (χ4v) is 1.95. The molecule has 5 heteroatoms. The molecule has 0 saturated heterocycles. The van der Waals surface area contributed by atoms with Gasteiger partial charge in [0.2, 0.25) is 0 Å². The van der Waals surface area contributed by atoms with E-state index in [0.717, 1.165) is 19.1 Å². The highest BCUT2D eigenvalue weighted by Crippen LogP contribution is 2.21. The Bertz CT molecular complexity index is 444. The van der Waals surface area contributed by atoms with Crippen LogP contribution in [0.3, 0.4) is 0 Å². The molecule has 0 heterocycles. The first-order valence-corrected chi connectivity index (χ1v) is 7.06. The van der Waals surface area contributed by atoms with Gasteiger partial charge in [0, 0.05) is 16.1 Å². The molecule has 0 bridgehead atoms. The maximum Gasteiger partial charge on any atom is 0.258 e. The van der Waals surface area contributed by atoms with Gasteiger partial charge in [-0.05, 0) is 31.0 Å². The zero-order valence-corrected chi connectivity index (χ0v) is 12.7. The number of benzene rings is 1. The first kappa shape index (κ1) is 15.7. The number of rotatable bonds is 7. The van der Waals surface area contributed by atoms with Gasteiger partial charge in [0.15, 0.2) is 12.9 Å². The van der Waals surface area contributed by atoms with Crippen molar-refractivity contribution in [3.05, 3.63) is 28.2 Å². The van der Waals surface area contributed by atoms with Crippen LogP contribution >= 0.6 is 15.9 Å². The number of carbonyl (C=O) groups is 2. The van der Waals surface area contributed by atoms with Crippen molar-refractivity contribution in [2.75, 3.05) is 6.61 Å². The second-order valence-electron chi connectivity index (χ2n) is 4.17. The Morgan fingerprint density at radius 2 is 2.11 bits per heavy atom. The van der Waals surface area contributed by atoms with Crippen LogP contribution in [0.4, 0.5) is 0 Å². The van der Waals surface area contributed by atoms with Crippen LogP contribution in [0.15, 0.2) is 22.7 Å². The highest BCUT2D eigenvalue weighted by molar-refractivity contribution is 9.10. The SMILES string of the molecule is CCC(CC)NC(=O)COc1ccc(Br)c(C=O)c1. The molecule has 0 radical (unpaired) electrons. The van der Waals surface area contributed by atoms with Crippen molar-refractivity contribution in [2.24, 2.45) is 0 Å². The Labute approximate surface area is 121 Å². The Balaban J connectivity index is 2.52. The molecule has 0 fully saturated rings. The van der Waals surface area contributed by atoms with Gasteiger partial charge in [-0.3, -0.25) is 9.59 Å². The average Bonchev–Trinajstić information content (AvgIpc) is 2.43. The maximum absolute atomic E-state index is 11.7. The second kappa shape index (κ2) is 7.94. The summed E-state index contributed by atoms with van der Waals surface area (Å²) < 4.78 is 6.07. The molecule has 0 aliphatic heterocycles. The van der Waals surface area contributed by atoms with Crippen LogP contribution < -0.4 is 10.1 Å². The van der Waals surface area contributed by atoms with Crippen LogP contribution in [-0.2, 0) is 4.79 Å². The molecule has 0 aliphatic carbocycles. The van der Waals surface area contributed by atoms with Crippen LogP contribution in [0.25, 0.3) is 0 Å². The van der Waals surface area contributed by atoms with Crippen molar-refractivity contribution in [3.8, 4) is 5.75 Å². The van der Waals surface area contributed by atoms with Gasteiger partial charge >= 0.3 is 0 Å². The van der Waals surface area contributed by atoms with Gasteiger partial charge in [0.25, 0.3) is 5.91 Å². The van der Waals surface area contributed by atoms with Crippen molar-refractivity contribution in [1.29, 1.82) is 0 Å². The summed E-state index contributed by atoms with van der Waals surface area (Å²) in [5.41, 5.74) is 0.498. The first-order valence-electron chi connectivity index (χ1n) is 6.27. The van der Waals surface area contributed by atoms with Crippen molar-refractivity contribution >= 4 is 28.1 Å². The monoisotopic (exact) mass is 327 g/mol. The fourth-order valence-electron chi connectivity index (χ4n) is 1.61. The molecule has 0 aromatic heterocycles. The van der Waals surface area contributed by atoms with Gasteiger partial charge in [-0.2, -0.15) is 0 Å². The maximum atomic E-state index is 11.7. The molecule has 1 aromatic carbocycles. The normalized spacial score (nSPS) is 10.3. The molecule has 104 valence electrons. The molecule has 1 aromatic rings. The summed E-state index contributed by atoms with van der Waals surface area (Å²) in [6.45, 7) is 4.01. The minimum atomic E-state index is -0.149. The van der Waals surface area contributed by atoms with Crippen LogP contribution in [0, 0.1) is 0 Å². The number of halogens is 1. The van der Waals surface area contributed by atoms with Gasteiger partial charge in [0.05, 0.1) is 0 Å². The molecule has 0 unspecified atom stereocenters. The Morgan fingerprint density at radius 1 is 1.42 bits per heavy atom. The number of carbonyl (C=O) groups excluding carboxylic acids is 2. The van der Waals surface area contributed by atoms with Gasteiger partial charge in [-0.15, -0.1) is 0 Å². The van der Waals surface area contributed by atoms with Gasteiger partial charge in [-0.25, -0.2) is 0 Å². The van der Waals surface area contributed by atoms with E-state index in [4.69, 9.17) is 4.74 Å². The van der Waals surface area contributed by atoms with E-state index in [0.29, 0.717) is 15.8 Å². The van der Waals surface area contributed by atoms with E-state index in [2.05, 4.69) is 21.2 Å². The predicted molar refractivity (Wildman–Crippen MR) is 77.5 cm³/mol. The quantitative estimate of drug-likeness (QED) is 0.783. The third kappa shape index (κ3) is 5.03. The number of amides is 1. The Kier molecular flexibility index (Phi) is 6.56. The minimum Gasteiger partial charge on any atom is -0.484 e. The molecular weight excluding hydrogens is 310 g/mol. The molecule has 1 amide bonds. The molecule has 19 heavy (non-hydrogen) atoms. The molecular formula is C14H18BrNO3. The number of hydrogen-bond acceptors (Lipinski definition) is 3. The number of nitrogens with one attached hydrogen (secondary N) is 1. The summed E-state index contributed by atoms with van der Waals surface area (Å²) in [6, 6.07) is 5.22. The smallest absolute Gasteiger partial charge is 0.258 e. The van der Waals surface area contributed by atoms with Gasteiger partial charge in [0.1, 0.15) is 5.75 Å². The van der Waals surface area contributed by atoms with Crippen LogP contribution in [0.1, 0.15) is 37.0 Å². The zero-order valence-electron chi connectivity index (χ0n) is 11.1. The molecule has 4 nitrogen and oxygen atoms in total. The number of aldehydes is 1. The highest BCUT2D eigenvalue weighted by atomic mass is 79.9. The summed E-state index contributed by atoms with van der Waals surface area (Å²) in [5, 5.41) is 2.88. The summed E-state index contributed by atoms with van der Waals surface area (Å²) >= 11 is 3.26. The fraction of sp³-hybridized carbons (Fsp3) is 0.429. The second-order valence-corrected chi connectivity index (χ2v) is 5.03. The lowest BCUT2D eigenvalue weighted by molar-refractivity contribution is -0.123. The zero-order chi connectivity index (χ0) is 14.3. The van der Waals surface area contributed by atoms with Crippen molar-refractivity contribution in [3.63, 3.8) is 0 Å². The van der Waals surface area contributed by atoms with Crippen LogP contribution in [0.5, 0.6) is 5.75 Å². The lowest BCUT2D eigenvalue weighted by Gasteiger charge is -2.15. The highest BCUT2D eigenvalue weighted by Gasteiger charge is 2.09. The third-order valence-corrected chi connectivity index (χ3v) is 3.54. The summed E-state index contributed by atoms with van der Waals surface area (Å²) in [5.74, 6) is 0.356. The van der Waals surface area contributed by atoms with Gasteiger partial charge < -0.3 is 10.1 Å². The average molecular weight is 328 g/mol. The van der Waals surface area contributed by atoms with Crippen LogP contribution in [0.2, 0.25) is 0 Å². The summed E-state index contributed by atoms with van der Waals surface area (Å²) in [4.78, 5) is 22.4. The van der Waals surface area contributed by atoms with Crippen molar-refractivity contribution in [1.82, 2.24) is 5.32 Å². The topological polar surface area (TPSA) is 55.4 Å². The third-order valence-electron chi connectivity index (χ3n) is 2.82. The standard InChI is InChI=1S/C14H18BrNO3/c1-3-11(4-2)16-14(18)9-19-12-5-6-13(15)10(7-12)8-17/h5-8,11H,3-4,9H2,1-2H3,(H,16,18). The minimum absolute atomic E-state index is 0.0452. The van der Waals surface area contributed by atoms with E-state index in [9.17, 15) is 9.59 Å². The largest absolute Gasteiger partial charge is 0.484 e. The van der Waals surface area contributed by atoms with E-state index in [1.54, 1.807) is 18.2 Å². The van der Waals surface area contributed by atoms with E-state index >= 15 is 0 Å². The molecule has 0 aliphatic rings. The van der Waals surface area contributed by atoms with E-state index in [1.807, 2.05) is 13.8 Å². The van der Waals surface area contributed by atoms with Gasteiger partial charge in [-0.1, -0.05) is 29.8 Å². The molecule has 1 rings (SSSR count). The van der Waals surface area contributed by atoms with Crippen molar-refractivity contribution < 1.29 is 14.3 Å². The molecule has 1 N–H and O–H groups in total. The Morgan fingerprint density at radius 3 is 2.68 bits per heavy atom. The Hall–Kier alpha value is -1.36. The first-order chi connectivity index (χ1) is 9.10. The predicted octanol–water partition coefficient (Wildman–Crippen LogP) is 2.95. The van der Waals surface area contributed by atoms with Crippen LogP contribution in [-0.4, -0.2) is 24.8 Å². The lowest BCUT2D eigenvalue weighted by Crippen LogP contribution is -2.37. The van der Waals surface area contributed by atoms with E-state index in [1.165, 1.54) is 0 Å². The van der Waals surface area contributed by atoms with E-state index in [-0.39, 0.29) is 18.6 Å². The number of ether oxygens (including phenoxy) is 1. The lowest BCUT2D eigenvalue weighted by atomic mass is 10.2. The summed E-state index contributed by atoms with van der Waals surface area (Å²) in [6.07, 6.45) is 2.53. The van der Waals surface area contributed by atoms with Crippen molar-refractivity contribution in [2.45, 2.75) is 32.7 Å². The molecule has 0 atom stereocenters. The molecule has 0 spiro atoms. The summed E-state index contributed by atoms with van der Waals surface area (Å²) in [7, 11) is 0.